The van der Waals surface area contributed by atoms with E-state index in [0.29, 0.717) is 16.9 Å². The molecule has 0 bridgehead atoms. The molecule has 0 aliphatic carbocycles. The molecule has 0 spiro atoms. The number of amides is 5. The Bertz CT molecular complexity index is 1370. The smallest absolute Gasteiger partial charge is 0.335 e. The molecule has 37 heavy (non-hydrogen) atoms. The fourth-order valence-electron chi connectivity index (χ4n) is 3.51. The van der Waals surface area contributed by atoms with Crippen LogP contribution in [0.2, 0.25) is 0 Å². The zero-order chi connectivity index (χ0) is 26.4. The Balaban J connectivity index is 1.52. The van der Waals surface area contributed by atoms with E-state index in [-0.39, 0.29) is 30.3 Å². The van der Waals surface area contributed by atoms with Crippen molar-refractivity contribution < 1.29 is 33.0 Å². The highest BCUT2D eigenvalue weighted by atomic mass is 19.1. The Labute approximate surface area is 211 Å². The number of nitrogens with one attached hydrogen (secondary N) is 2. The van der Waals surface area contributed by atoms with Crippen molar-refractivity contribution in [2.75, 3.05) is 23.4 Å². The standard InChI is InChI=1S/C27H22FN3O6/c1-2-36-23-15-17(8-13-22(23)37-16-24(32)29-19-11-9-18(28)10-12-19)14-21-25(33)30-27(35)31(26(21)34)20-6-4-3-5-7-20/h3-15H,2,16H2,1H3,(H,29,32)(H,30,33,35)/b21-14-. The summed E-state index contributed by atoms with van der Waals surface area (Å²) in [5, 5.41) is 4.77. The quantitative estimate of drug-likeness (QED) is 0.356. The van der Waals surface area contributed by atoms with Crippen LogP contribution < -0.4 is 25.0 Å². The molecule has 1 aliphatic heterocycles. The molecule has 1 heterocycles. The lowest BCUT2D eigenvalue weighted by Crippen LogP contribution is -2.54. The molecular formula is C27H22FN3O6. The number of barbiturate groups is 1. The molecule has 9 nitrogen and oxygen atoms in total. The molecule has 1 fully saturated rings. The lowest BCUT2D eigenvalue weighted by molar-refractivity contribution is -0.122. The van der Waals surface area contributed by atoms with Crippen LogP contribution in [0.1, 0.15) is 12.5 Å². The Morgan fingerprint density at radius 1 is 0.973 bits per heavy atom. The van der Waals surface area contributed by atoms with E-state index in [0.717, 1.165) is 4.90 Å². The third kappa shape index (κ3) is 5.99. The van der Waals surface area contributed by atoms with Gasteiger partial charge in [-0.2, -0.15) is 0 Å². The first-order valence-corrected chi connectivity index (χ1v) is 11.3. The van der Waals surface area contributed by atoms with Crippen LogP contribution in [-0.2, 0) is 14.4 Å². The monoisotopic (exact) mass is 503 g/mol. The lowest BCUT2D eigenvalue weighted by atomic mass is 10.1. The summed E-state index contributed by atoms with van der Waals surface area (Å²) in [7, 11) is 0. The summed E-state index contributed by atoms with van der Waals surface area (Å²) in [5.41, 5.74) is 0.937. The molecule has 1 aliphatic rings. The molecule has 2 N–H and O–H groups in total. The number of carbonyl (C=O) groups excluding carboxylic acids is 4. The molecule has 0 atom stereocenters. The van der Waals surface area contributed by atoms with Crippen LogP contribution >= 0.6 is 0 Å². The molecule has 5 amide bonds. The maximum absolute atomic E-state index is 13.0. The molecular weight excluding hydrogens is 481 g/mol. The summed E-state index contributed by atoms with van der Waals surface area (Å²) in [6.45, 7) is 1.71. The van der Waals surface area contributed by atoms with Crippen LogP contribution in [0, 0.1) is 5.82 Å². The third-order valence-electron chi connectivity index (χ3n) is 5.18. The average molecular weight is 503 g/mol. The van der Waals surface area contributed by atoms with Gasteiger partial charge in [0.25, 0.3) is 17.7 Å². The first-order valence-electron chi connectivity index (χ1n) is 11.3. The van der Waals surface area contributed by atoms with Gasteiger partial charge in [0.15, 0.2) is 18.1 Å². The number of ether oxygens (including phenoxy) is 2. The molecule has 1 saturated heterocycles. The first kappa shape index (κ1) is 25.1. The highest BCUT2D eigenvalue weighted by molar-refractivity contribution is 6.39. The van der Waals surface area contributed by atoms with Gasteiger partial charge in [0.2, 0.25) is 0 Å². The number of hydrogen-bond donors (Lipinski definition) is 2. The van der Waals surface area contributed by atoms with Crippen LogP contribution in [-0.4, -0.2) is 37.0 Å². The fourth-order valence-corrected chi connectivity index (χ4v) is 3.51. The zero-order valence-electron chi connectivity index (χ0n) is 19.7. The van der Waals surface area contributed by atoms with Gasteiger partial charge in [-0.3, -0.25) is 19.7 Å². The minimum Gasteiger partial charge on any atom is -0.490 e. The number of rotatable bonds is 8. The Morgan fingerprint density at radius 2 is 1.70 bits per heavy atom. The van der Waals surface area contributed by atoms with Crippen LogP contribution in [0.25, 0.3) is 6.08 Å². The van der Waals surface area contributed by atoms with E-state index in [2.05, 4.69) is 10.6 Å². The van der Waals surface area contributed by atoms with Gasteiger partial charge in [-0.25, -0.2) is 14.1 Å². The lowest BCUT2D eigenvalue weighted by Gasteiger charge is -2.26. The minimum absolute atomic E-state index is 0.238. The van der Waals surface area contributed by atoms with Crippen molar-refractivity contribution in [3.05, 3.63) is 89.8 Å². The van der Waals surface area contributed by atoms with Crippen LogP contribution in [0.15, 0.2) is 78.4 Å². The van der Waals surface area contributed by atoms with E-state index in [9.17, 15) is 23.6 Å². The number of para-hydroxylation sites is 1. The van der Waals surface area contributed by atoms with E-state index in [1.807, 2.05) is 0 Å². The van der Waals surface area contributed by atoms with Gasteiger partial charge in [0.05, 0.1) is 12.3 Å². The normalized spacial score (nSPS) is 14.4. The van der Waals surface area contributed by atoms with Crippen molar-refractivity contribution in [1.29, 1.82) is 0 Å². The summed E-state index contributed by atoms with van der Waals surface area (Å²) >= 11 is 0. The second-order valence-electron chi connectivity index (χ2n) is 7.78. The highest BCUT2D eigenvalue weighted by Gasteiger charge is 2.36. The molecule has 0 radical (unpaired) electrons. The second-order valence-corrected chi connectivity index (χ2v) is 7.78. The second kappa shape index (κ2) is 11.2. The SMILES string of the molecule is CCOc1cc(/C=C2/C(=O)NC(=O)N(c3ccccc3)C2=O)ccc1OCC(=O)Nc1ccc(F)cc1. The number of anilines is 2. The third-order valence-corrected chi connectivity index (χ3v) is 5.18. The Hall–Kier alpha value is -4.99. The number of benzene rings is 3. The summed E-state index contributed by atoms with van der Waals surface area (Å²) in [6, 6.07) is 17.4. The topological polar surface area (TPSA) is 114 Å². The molecule has 4 rings (SSSR count). The molecule has 0 unspecified atom stereocenters. The van der Waals surface area contributed by atoms with Crippen LogP contribution in [0.5, 0.6) is 11.5 Å². The predicted octanol–water partition coefficient (Wildman–Crippen LogP) is 3.91. The molecule has 3 aromatic carbocycles. The van der Waals surface area contributed by atoms with E-state index >= 15 is 0 Å². The summed E-state index contributed by atoms with van der Waals surface area (Å²) in [6.07, 6.45) is 1.34. The molecule has 0 saturated carbocycles. The fraction of sp³-hybridized carbons (Fsp3) is 0.111. The van der Waals surface area contributed by atoms with Crippen molar-refractivity contribution in [3.8, 4) is 11.5 Å². The Kier molecular flexibility index (Phi) is 7.58. The highest BCUT2D eigenvalue weighted by Crippen LogP contribution is 2.30. The van der Waals surface area contributed by atoms with Gasteiger partial charge in [0, 0.05) is 5.69 Å². The van der Waals surface area contributed by atoms with Crippen LogP contribution in [0.3, 0.4) is 0 Å². The zero-order valence-corrected chi connectivity index (χ0v) is 19.7. The van der Waals surface area contributed by atoms with Gasteiger partial charge in [-0.15, -0.1) is 0 Å². The Morgan fingerprint density at radius 3 is 2.41 bits per heavy atom. The number of carbonyl (C=O) groups is 4. The van der Waals surface area contributed by atoms with Crippen molar-refractivity contribution in [1.82, 2.24) is 5.32 Å². The number of imide groups is 2. The molecule has 188 valence electrons. The van der Waals surface area contributed by atoms with Crippen molar-refractivity contribution in [3.63, 3.8) is 0 Å². The van der Waals surface area contributed by atoms with Gasteiger partial charge < -0.3 is 14.8 Å². The van der Waals surface area contributed by atoms with Crippen molar-refractivity contribution >= 4 is 41.2 Å². The van der Waals surface area contributed by atoms with Gasteiger partial charge in [-0.1, -0.05) is 24.3 Å². The van der Waals surface area contributed by atoms with Gasteiger partial charge in [0.1, 0.15) is 11.4 Å². The molecule has 3 aromatic rings. The summed E-state index contributed by atoms with van der Waals surface area (Å²) in [4.78, 5) is 50.9. The van der Waals surface area contributed by atoms with Gasteiger partial charge >= 0.3 is 6.03 Å². The van der Waals surface area contributed by atoms with E-state index < -0.39 is 29.6 Å². The largest absolute Gasteiger partial charge is 0.490 e. The van der Waals surface area contributed by atoms with Gasteiger partial charge in [-0.05, 0) is 67.1 Å². The number of hydrogen-bond acceptors (Lipinski definition) is 6. The van der Waals surface area contributed by atoms with Crippen molar-refractivity contribution in [2.24, 2.45) is 0 Å². The summed E-state index contributed by atoms with van der Waals surface area (Å²) in [5.74, 6) is -1.92. The maximum atomic E-state index is 13.0. The van der Waals surface area contributed by atoms with E-state index in [4.69, 9.17) is 9.47 Å². The predicted molar refractivity (Wildman–Crippen MR) is 134 cm³/mol. The number of urea groups is 1. The number of halogens is 1. The summed E-state index contributed by atoms with van der Waals surface area (Å²) < 4.78 is 24.2. The number of nitrogens with zero attached hydrogens (tertiary/aromatic N) is 1. The molecule has 0 aromatic heterocycles. The first-order chi connectivity index (χ1) is 17.9. The van der Waals surface area contributed by atoms with E-state index in [1.165, 1.54) is 36.4 Å². The molecule has 10 heteroatoms. The van der Waals surface area contributed by atoms with E-state index in [1.54, 1.807) is 49.4 Å². The minimum atomic E-state index is -0.837. The van der Waals surface area contributed by atoms with Crippen LogP contribution in [0.4, 0.5) is 20.6 Å². The van der Waals surface area contributed by atoms with Crippen molar-refractivity contribution in [2.45, 2.75) is 6.92 Å². The average Bonchev–Trinajstić information content (AvgIpc) is 2.88. The maximum Gasteiger partial charge on any atom is 0.335 e.